The van der Waals surface area contributed by atoms with Crippen LogP contribution in [0, 0.1) is 0 Å². The molecule has 0 spiro atoms. The third-order valence-electron chi connectivity index (χ3n) is 5.09. The fourth-order valence-corrected chi connectivity index (χ4v) is 3.69. The lowest BCUT2D eigenvalue weighted by molar-refractivity contribution is -0.121. The van der Waals surface area contributed by atoms with E-state index in [2.05, 4.69) is 32.3 Å². The average Bonchev–Trinajstić information content (AvgIpc) is 3.07. The van der Waals surface area contributed by atoms with Crippen LogP contribution in [0.5, 0.6) is 0 Å². The molecule has 0 aliphatic carbocycles. The maximum Gasteiger partial charge on any atom is 0.224 e. The number of piperidine rings is 1. The molecule has 0 bridgehead atoms. The van der Waals surface area contributed by atoms with Crippen molar-refractivity contribution in [1.82, 2.24) is 20.2 Å². The van der Waals surface area contributed by atoms with Gasteiger partial charge < -0.3 is 10.3 Å². The van der Waals surface area contributed by atoms with E-state index in [9.17, 15) is 4.79 Å². The smallest absolute Gasteiger partial charge is 0.224 e. The molecule has 5 nitrogen and oxygen atoms in total. The molecular formula is C21H24N4O. The highest BCUT2D eigenvalue weighted by Gasteiger charge is 2.21. The molecule has 1 aromatic carbocycles. The zero-order chi connectivity index (χ0) is 17.8. The molecule has 2 aromatic heterocycles. The number of nitrogens with one attached hydrogen (secondary N) is 2. The molecule has 5 heteroatoms. The molecule has 0 radical (unpaired) electrons. The Kier molecular flexibility index (Phi) is 4.97. The van der Waals surface area contributed by atoms with Gasteiger partial charge in [0.05, 0.1) is 12.1 Å². The number of likely N-dealkylation sites (tertiary alicyclic amines) is 1. The van der Waals surface area contributed by atoms with E-state index in [1.807, 2.05) is 42.7 Å². The molecule has 2 N–H and O–H groups in total. The van der Waals surface area contributed by atoms with Gasteiger partial charge in [-0.05, 0) is 36.6 Å². The van der Waals surface area contributed by atoms with Crippen molar-refractivity contribution in [2.75, 3.05) is 13.1 Å². The first-order chi connectivity index (χ1) is 12.8. The molecule has 1 saturated heterocycles. The maximum atomic E-state index is 12.4. The topological polar surface area (TPSA) is 61.0 Å². The summed E-state index contributed by atoms with van der Waals surface area (Å²) in [6.45, 7) is 2.88. The monoisotopic (exact) mass is 348 g/mol. The lowest BCUT2D eigenvalue weighted by atomic mass is 10.0. The molecule has 3 heterocycles. The molecule has 4 rings (SSSR count). The predicted molar refractivity (Wildman–Crippen MR) is 103 cm³/mol. The van der Waals surface area contributed by atoms with Gasteiger partial charge in [0.1, 0.15) is 0 Å². The SMILES string of the molecule is O=C(Cc1c[nH]c2ccccc12)NC1CCN(Cc2ccccn2)CC1. The van der Waals surface area contributed by atoms with Crippen molar-refractivity contribution in [3.63, 3.8) is 0 Å². The van der Waals surface area contributed by atoms with E-state index in [0.29, 0.717) is 6.42 Å². The number of benzene rings is 1. The van der Waals surface area contributed by atoms with Crippen LogP contribution in [0.4, 0.5) is 0 Å². The number of hydrogen-bond donors (Lipinski definition) is 2. The number of aromatic nitrogens is 2. The number of para-hydroxylation sites is 1. The fourth-order valence-electron chi connectivity index (χ4n) is 3.69. The molecule has 1 amide bonds. The standard InChI is InChI=1S/C21H24N4O/c26-21(13-16-14-23-20-7-2-1-6-19(16)20)24-17-8-11-25(12-9-17)15-18-5-3-4-10-22-18/h1-7,10,14,17,23H,8-9,11-13,15H2,(H,24,26). The van der Waals surface area contributed by atoms with E-state index in [0.717, 1.165) is 54.6 Å². The Morgan fingerprint density at radius 3 is 2.77 bits per heavy atom. The second kappa shape index (κ2) is 7.70. The van der Waals surface area contributed by atoms with Gasteiger partial charge in [-0.2, -0.15) is 0 Å². The zero-order valence-corrected chi connectivity index (χ0v) is 14.8. The Bertz CT molecular complexity index is 866. The van der Waals surface area contributed by atoms with Gasteiger partial charge in [0.15, 0.2) is 0 Å². The lowest BCUT2D eigenvalue weighted by Gasteiger charge is -2.32. The van der Waals surface area contributed by atoms with Gasteiger partial charge in [-0.15, -0.1) is 0 Å². The Morgan fingerprint density at radius 1 is 1.15 bits per heavy atom. The number of H-pyrrole nitrogens is 1. The van der Waals surface area contributed by atoms with Gasteiger partial charge in [0.25, 0.3) is 0 Å². The summed E-state index contributed by atoms with van der Waals surface area (Å²) in [7, 11) is 0. The van der Waals surface area contributed by atoms with E-state index in [-0.39, 0.29) is 11.9 Å². The molecule has 1 aliphatic rings. The summed E-state index contributed by atoms with van der Waals surface area (Å²) in [6.07, 6.45) is 6.20. The van der Waals surface area contributed by atoms with Gasteiger partial charge in [0.2, 0.25) is 5.91 Å². The van der Waals surface area contributed by atoms with Crippen molar-refractivity contribution in [3.8, 4) is 0 Å². The molecular weight excluding hydrogens is 324 g/mol. The number of carbonyl (C=O) groups excluding carboxylic acids is 1. The summed E-state index contributed by atoms with van der Waals surface area (Å²) in [5, 5.41) is 4.34. The number of nitrogens with zero attached hydrogens (tertiary/aromatic N) is 2. The molecule has 0 saturated carbocycles. The number of hydrogen-bond acceptors (Lipinski definition) is 3. The lowest BCUT2D eigenvalue weighted by Crippen LogP contribution is -2.44. The zero-order valence-electron chi connectivity index (χ0n) is 14.8. The quantitative estimate of drug-likeness (QED) is 0.745. The number of pyridine rings is 1. The van der Waals surface area contributed by atoms with Crippen molar-refractivity contribution in [2.45, 2.75) is 31.8 Å². The molecule has 3 aromatic rings. The van der Waals surface area contributed by atoms with Crippen LogP contribution in [0.15, 0.2) is 54.9 Å². The predicted octanol–water partition coefficient (Wildman–Crippen LogP) is 2.89. The number of amides is 1. The highest BCUT2D eigenvalue weighted by molar-refractivity contribution is 5.88. The molecule has 1 aliphatic heterocycles. The summed E-state index contributed by atoms with van der Waals surface area (Å²) >= 11 is 0. The highest BCUT2D eigenvalue weighted by atomic mass is 16.1. The number of rotatable bonds is 5. The van der Waals surface area contributed by atoms with Crippen molar-refractivity contribution >= 4 is 16.8 Å². The molecule has 0 unspecified atom stereocenters. The number of carbonyl (C=O) groups is 1. The average molecular weight is 348 g/mol. The van der Waals surface area contributed by atoms with Crippen LogP contribution in [0.2, 0.25) is 0 Å². The van der Waals surface area contributed by atoms with Crippen LogP contribution in [-0.4, -0.2) is 39.9 Å². The first-order valence-electron chi connectivity index (χ1n) is 9.24. The van der Waals surface area contributed by atoms with Gasteiger partial charge in [-0.1, -0.05) is 24.3 Å². The molecule has 134 valence electrons. The second-order valence-corrected chi connectivity index (χ2v) is 6.98. The van der Waals surface area contributed by atoms with Gasteiger partial charge in [-0.25, -0.2) is 0 Å². The minimum atomic E-state index is 0.109. The Labute approximate surface area is 153 Å². The van der Waals surface area contributed by atoms with Crippen LogP contribution in [0.25, 0.3) is 10.9 Å². The van der Waals surface area contributed by atoms with Crippen LogP contribution in [0.3, 0.4) is 0 Å². The third kappa shape index (κ3) is 3.94. The first-order valence-corrected chi connectivity index (χ1v) is 9.24. The van der Waals surface area contributed by atoms with Crippen LogP contribution in [-0.2, 0) is 17.8 Å². The van der Waals surface area contributed by atoms with E-state index >= 15 is 0 Å². The van der Waals surface area contributed by atoms with Crippen molar-refractivity contribution in [1.29, 1.82) is 0 Å². The Morgan fingerprint density at radius 2 is 1.96 bits per heavy atom. The minimum absolute atomic E-state index is 0.109. The summed E-state index contributed by atoms with van der Waals surface area (Å²) < 4.78 is 0. The van der Waals surface area contributed by atoms with Gasteiger partial charge >= 0.3 is 0 Å². The number of fused-ring (bicyclic) bond motifs is 1. The van der Waals surface area contributed by atoms with E-state index in [1.165, 1.54) is 0 Å². The van der Waals surface area contributed by atoms with Gasteiger partial charge in [0, 0.05) is 49.0 Å². The van der Waals surface area contributed by atoms with Crippen LogP contribution in [0.1, 0.15) is 24.1 Å². The second-order valence-electron chi connectivity index (χ2n) is 6.98. The van der Waals surface area contributed by atoms with Crippen molar-refractivity contribution in [2.24, 2.45) is 0 Å². The molecule has 1 fully saturated rings. The van der Waals surface area contributed by atoms with E-state index in [4.69, 9.17) is 0 Å². The minimum Gasteiger partial charge on any atom is -0.361 e. The number of aromatic amines is 1. The largest absolute Gasteiger partial charge is 0.361 e. The third-order valence-corrected chi connectivity index (χ3v) is 5.09. The first kappa shape index (κ1) is 16.8. The highest BCUT2D eigenvalue weighted by Crippen LogP contribution is 2.18. The van der Waals surface area contributed by atoms with E-state index < -0.39 is 0 Å². The summed E-state index contributed by atoms with van der Waals surface area (Å²) in [5.41, 5.74) is 3.25. The fraction of sp³-hybridized carbons (Fsp3) is 0.333. The van der Waals surface area contributed by atoms with Crippen molar-refractivity contribution < 1.29 is 4.79 Å². The summed E-state index contributed by atoms with van der Waals surface area (Å²) in [5.74, 6) is 0.109. The van der Waals surface area contributed by atoms with Crippen LogP contribution < -0.4 is 5.32 Å². The maximum absolute atomic E-state index is 12.4. The summed E-state index contributed by atoms with van der Waals surface area (Å²) in [4.78, 5) is 22.5. The Hall–Kier alpha value is -2.66. The normalized spacial score (nSPS) is 16.0. The molecule has 0 atom stereocenters. The van der Waals surface area contributed by atoms with Crippen molar-refractivity contribution in [3.05, 3.63) is 66.1 Å². The summed E-state index contributed by atoms with van der Waals surface area (Å²) in [6, 6.07) is 14.4. The molecule has 26 heavy (non-hydrogen) atoms. The van der Waals surface area contributed by atoms with Gasteiger partial charge in [-0.3, -0.25) is 14.7 Å². The van der Waals surface area contributed by atoms with Crippen LogP contribution >= 0.6 is 0 Å². The Balaban J connectivity index is 1.27. The van der Waals surface area contributed by atoms with E-state index in [1.54, 1.807) is 0 Å².